The number of rotatable bonds is 26. The van der Waals surface area contributed by atoms with Crippen molar-refractivity contribution in [3.05, 3.63) is 0 Å². The van der Waals surface area contributed by atoms with Gasteiger partial charge in [0.05, 0.1) is 6.61 Å². The molecule has 0 aromatic carbocycles. The number of aliphatic hydroxyl groups excluding tert-OH is 1. The molecule has 0 bridgehead atoms. The van der Waals surface area contributed by atoms with Crippen LogP contribution in [0.15, 0.2) is 0 Å². The van der Waals surface area contributed by atoms with Gasteiger partial charge in [0, 0.05) is 6.61 Å². The van der Waals surface area contributed by atoms with E-state index in [1.807, 2.05) is 0 Å². The van der Waals surface area contributed by atoms with E-state index in [9.17, 15) is 4.57 Å². The van der Waals surface area contributed by atoms with Gasteiger partial charge in [0.15, 0.2) is 0 Å². The fourth-order valence-electron chi connectivity index (χ4n) is 4.11. The number of unbranched alkanes of at least 4 members (excludes halogenated alkanes) is 22. The van der Waals surface area contributed by atoms with Gasteiger partial charge in [-0.15, -0.1) is 0 Å². The minimum atomic E-state index is -4.27. The summed E-state index contributed by atoms with van der Waals surface area (Å²) in [5.74, 6) is 0. The number of phosphoric ester groups is 1. The van der Waals surface area contributed by atoms with Crippen molar-refractivity contribution in [1.29, 1.82) is 0 Å². The van der Waals surface area contributed by atoms with E-state index in [-0.39, 0.29) is 6.61 Å². The van der Waals surface area contributed by atoms with Crippen molar-refractivity contribution in [3.8, 4) is 0 Å². The first-order valence-corrected chi connectivity index (χ1v) is 14.9. The van der Waals surface area contributed by atoms with E-state index in [0.717, 1.165) is 25.7 Å². The highest BCUT2D eigenvalue weighted by Crippen LogP contribution is 2.35. The van der Waals surface area contributed by atoms with Crippen molar-refractivity contribution in [2.75, 3.05) is 13.2 Å². The summed E-state index contributed by atoms with van der Waals surface area (Å²) in [4.78, 5) is 17.2. The lowest BCUT2D eigenvalue weighted by molar-refractivity contribution is 0.193. The molecule has 0 heterocycles. The van der Waals surface area contributed by atoms with Gasteiger partial charge in [0.2, 0.25) is 0 Å². The molecule has 0 unspecified atom stereocenters. The Morgan fingerprint density at radius 2 is 0.645 bits per heavy atom. The molecule has 0 fully saturated rings. The molecule has 31 heavy (non-hydrogen) atoms. The predicted molar refractivity (Wildman–Crippen MR) is 131 cm³/mol. The van der Waals surface area contributed by atoms with Crippen LogP contribution in [0.2, 0.25) is 0 Å². The van der Waals surface area contributed by atoms with Gasteiger partial charge in [-0.3, -0.25) is 4.52 Å². The second-order valence-corrected chi connectivity index (χ2v) is 10.4. The van der Waals surface area contributed by atoms with Crippen LogP contribution in [-0.2, 0) is 9.09 Å². The third-order valence-corrected chi connectivity index (χ3v) is 6.58. The zero-order valence-electron chi connectivity index (χ0n) is 20.3. The summed E-state index contributed by atoms with van der Waals surface area (Å²) in [6.45, 7) is 0.519. The summed E-state index contributed by atoms with van der Waals surface area (Å²) >= 11 is 0. The Hall–Kier alpha value is 0.0700. The molecule has 0 saturated carbocycles. The third-order valence-electron chi connectivity index (χ3n) is 6.06. The fraction of sp³-hybridized carbons (Fsp3) is 1.00. The topological polar surface area (TPSA) is 87.0 Å². The molecule has 188 valence electrons. The molecule has 0 aromatic heterocycles. The average Bonchev–Trinajstić information content (AvgIpc) is 2.73. The summed E-state index contributed by atoms with van der Waals surface area (Å²) < 4.78 is 15.0. The standard InChI is InChI=1S/C25H53O5P/c26-24-22-20-18-16-14-12-10-8-6-4-2-1-3-5-7-9-11-13-15-17-19-21-23-25-30-31(27,28)29/h26H,1-25H2,(H2,27,28,29). The second-order valence-electron chi connectivity index (χ2n) is 9.18. The van der Waals surface area contributed by atoms with Gasteiger partial charge in [-0.05, 0) is 12.8 Å². The fourth-order valence-corrected chi connectivity index (χ4v) is 4.48. The SMILES string of the molecule is O=P(O)(O)OCCCCCCCCCCCCCCCCCCCCCCCCCO. The molecule has 6 heteroatoms. The van der Waals surface area contributed by atoms with Gasteiger partial charge < -0.3 is 14.9 Å². The van der Waals surface area contributed by atoms with E-state index in [1.54, 1.807) is 0 Å². The largest absolute Gasteiger partial charge is 0.469 e. The van der Waals surface area contributed by atoms with Gasteiger partial charge in [0.25, 0.3) is 0 Å². The monoisotopic (exact) mass is 464 g/mol. The quantitative estimate of drug-likeness (QED) is 0.0890. The lowest BCUT2D eigenvalue weighted by Crippen LogP contribution is -1.92. The molecule has 0 aromatic rings. The maximum Gasteiger partial charge on any atom is 0.469 e. The average molecular weight is 465 g/mol. The smallest absolute Gasteiger partial charge is 0.396 e. The number of hydrogen-bond acceptors (Lipinski definition) is 3. The van der Waals surface area contributed by atoms with Crippen molar-refractivity contribution >= 4 is 7.82 Å². The maximum absolute atomic E-state index is 10.5. The molecule has 3 N–H and O–H groups in total. The van der Waals surface area contributed by atoms with Crippen LogP contribution >= 0.6 is 7.82 Å². The van der Waals surface area contributed by atoms with Crippen molar-refractivity contribution in [2.45, 2.75) is 148 Å². The summed E-state index contributed by atoms with van der Waals surface area (Å²) in [6, 6.07) is 0. The summed E-state index contributed by atoms with van der Waals surface area (Å²) in [5.41, 5.74) is 0. The highest BCUT2D eigenvalue weighted by atomic mass is 31.2. The predicted octanol–water partition coefficient (Wildman–Crippen LogP) is 8.06. The second kappa shape index (κ2) is 24.7. The van der Waals surface area contributed by atoms with Crippen molar-refractivity contribution in [1.82, 2.24) is 0 Å². The first kappa shape index (κ1) is 31.1. The molecule has 0 aliphatic carbocycles. The van der Waals surface area contributed by atoms with Crippen LogP contribution in [-0.4, -0.2) is 28.1 Å². The molecule has 5 nitrogen and oxygen atoms in total. The van der Waals surface area contributed by atoms with Crippen LogP contribution in [0.4, 0.5) is 0 Å². The molecular formula is C25H53O5P. The Morgan fingerprint density at radius 3 is 0.871 bits per heavy atom. The lowest BCUT2D eigenvalue weighted by Gasteiger charge is -2.05. The molecular weight excluding hydrogens is 411 g/mol. The molecule has 0 aliphatic rings. The number of aliphatic hydroxyl groups is 1. The van der Waals surface area contributed by atoms with Gasteiger partial charge in [-0.25, -0.2) is 4.57 Å². The van der Waals surface area contributed by atoms with E-state index < -0.39 is 7.82 Å². The summed E-state index contributed by atoms with van der Waals surface area (Å²) in [5, 5.41) is 8.74. The highest BCUT2D eigenvalue weighted by Gasteiger charge is 2.12. The molecule has 0 radical (unpaired) electrons. The van der Waals surface area contributed by atoms with Crippen LogP contribution in [0.5, 0.6) is 0 Å². The van der Waals surface area contributed by atoms with Gasteiger partial charge >= 0.3 is 7.82 Å². The molecule has 0 amide bonds. The van der Waals surface area contributed by atoms with Crippen LogP contribution in [0.3, 0.4) is 0 Å². The van der Waals surface area contributed by atoms with Crippen LogP contribution in [0.25, 0.3) is 0 Å². The van der Waals surface area contributed by atoms with Gasteiger partial charge in [-0.2, -0.15) is 0 Å². The summed E-state index contributed by atoms with van der Waals surface area (Å²) in [7, 11) is -4.27. The van der Waals surface area contributed by atoms with E-state index in [4.69, 9.17) is 14.9 Å². The van der Waals surface area contributed by atoms with Gasteiger partial charge in [0.1, 0.15) is 0 Å². The highest BCUT2D eigenvalue weighted by molar-refractivity contribution is 7.46. The van der Waals surface area contributed by atoms with E-state index in [1.165, 1.54) is 122 Å². The Labute approximate surface area is 193 Å². The third kappa shape index (κ3) is 30.1. The Kier molecular flexibility index (Phi) is 24.8. The molecule has 0 spiro atoms. The van der Waals surface area contributed by atoms with Crippen LogP contribution < -0.4 is 0 Å². The maximum atomic E-state index is 10.5. The Bertz CT molecular complexity index is 386. The first-order valence-electron chi connectivity index (χ1n) is 13.4. The Morgan fingerprint density at radius 1 is 0.419 bits per heavy atom. The zero-order chi connectivity index (χ0) is 22.9. The van der Waals surface area contributed by atoms with E-state index in [2.05, 4.69) is 4.52 Å². The van der Waals surface area contributed by atoms with Gasteiger partial charge in [-0.1, -0.05) is 135 Å². The summed E-state index contributed by atoms with van der Waals surface area (Å²) in [6.07, 6.45) is 29.7. The normalized spacial score (nSPS) is 12.0. The molecule has 0 rings (SSSR count). The van der Waals surface area contributed by atoms with E-state index >= 15 is 0 Å². The van der Waals surface area contributed by atoms with Crippen LogP contribution in [0, 0.1) is 0 Å². The minimum absolute atomic E-state index is 0.164. The molecule has 0 atom stereocenters. The molecule has 0 aliphatic heterocycles. The minimum Gasteiger partial charge on any atom is -0.396 e. The van der Waals surface area contributed by atoms with Crippen molar-refractivity contribution in [2.24, 2.45) is 0 Å². The van der Waals surface area contributed by atoms with Crippen molar-refractivity contribution < 1.29 is 24.0 Å². The van der Waals surface area contributed by atoms with E-state index in [0.29, 0.717) is 6.61 Å². The number of phosphoric acid groups is 1. The zero-order valence-corrected chi connectivity index (χ0v) is 21.2. The first-order chi connectivity index (χ1) is 15.1. The Balaban J connectivity index is 3.03. The molecule has 0 saturated heterocycles. The van der Waals surface area contributed by atoms with Crippen LogP contribution in [0.1, 0.15) is 148 Å². The number of hydrogen-bond donors (Lipinski definition) is 3. The van der Waals surface area contributed by atoms with Crippen molar-refractivity contribution in [3.63, 3.8) is 0 Å². The lowest BCUT2D eigenvalue weighted by atomic mass is 10.0.